The lowest BCUT2D eigenvalue weighted by atomic mass is 9.85. The lowest BCUT2D eigenvalue weighted by Crippen LogP contribution is -2.45. The van der Waals surface area contributed by atoms with Crippen LogP contribution in [0.25, 0.3) is 0 Å². The van der Waals surface area contributed by atoms with Crippen LogP contribution >= 0.6 is 0 Å². The Hall–Kier alpha value is -0.610. The fraction of sp³-hybridized carbons (Fsp3) is 0.900. The molecule has 4 N–H and O–H groups in total. The van der Waals surface area contributed by atoms with Crippen molar-refractivity contribution < 1.29 is 9.90 Å². The van der Waals surface area contributed by atoms with Crippen LogP contribution in [-0.4, -0.2) is 30.2 Å². The van der Waals surface area contributed by atoms with Gasteiger partial charge in [-0.2, -0.15) is 0 Å². The quantitative estimate of drug-likeness (QED) is 0.598. The van der Waals surface area contributed by atoms with Crippen molar-refractivity contribution in [2.45, 2.75) is 38.7 Å². The summed E-state index contributed by atoms with van der Waals surface area (Å²) in [5, 5.41) is 11.8. The first kappa shape index (κ1) is 11.5. The van der Waals surface area contributed by atoms with Crippen molar-refractivity contribution in [1.82, 2.24) is 5.32 Å². The van der Waals surface area contributed by atoms with Crippen LogP contribution in [-0.2, 0) is 4.79 Å². The van der Waals surface area contributed by atoms with Gasteiger partial charge < -0.3 is 16.2 Å². The molecule has 0 aromatic heterocycles. The molecule has 0 radical (unpaired) electrons. The minimum atomic E-state index is -0.491. The summed E-state index contributed by atoms with van der Waals surface area (Å²) in [5.74, 6) is 0.0124. The number of hydrogen-bond donors (Lipinski definition) is 3. The molecule has 0 aromatic carbocycles. The first-order valence-corrected chi connectivity index (χ1v) is 5.27. The Morgan fingerprint density at radius 3 is 2.57 bits per heavy atom. The molecule has 0 bridgehead atoms. The van der Waals surface area contributed by atoms with Gasteiger partial charge in [-0.05, 0) is 19.8 Å². The average Bonchev–Trinajstić information content (AvgIpc) is 2.63. The number of carbonyl (C=O) groups is 1. The summed E-state index contributed by atoms with van der Waals surface area (Å²) in [6, 6.07) is 0. The molecule has 0 aromatic rings. The van der Waals surface area contributed by atoms with E-state index < -0.39 is 6.10 Å². The Bertz CT molecular complexity index is 198. The smallest absolute Gasteiger partial charge is 0.227 e. The van der Waals surface area contributed by atoms with E-state index in [0.29, 0.717) is 13.1 Å². The largest absolute Gasteiger partial charge is 0.392 e. The van der Waals surface area contributed by atoms with Crippen molar-refractivity contribution in [3.8, 4) is 0 Å². The van der Waals surface area contributed by atoms with Gasteiger partial charge in [0.05, 0.1) is 11.5 Å². The van der Waals surface area contributed by atoms with Gasteiger partial charge in [0.1, 0.15) is 0 Å². The Morgan fingerprint density at radius 1 is 1.57 bits per heavy atom. The minimum absolute atomic E-state index is 0.0124. The van der Waals surface area contributed by atoms with Crippen LogP contribution in [0.5, 0.6) is 0 Å². The van der Waals surface area contributed by atoms with Gasteiger partial charge in [-0.1, -0.05) is 12.8 Å². The van der Waals surface area contributed by atoms with Crippen molar-refractivity contribution in [3.63, 3.8) is 0 Å². The van der Waals surface area contributed by atoms with Gasteiger partial charge in [0.25, 0.3) is 0 Å². The summed E-state index contributed by atoms with van der Waals surface area (Å²) >= 11 is 0. The highest BCUT2D eigenvalue weighted by molar-refractivity contribution is 5.83. The van der Waals surface area contributed by atoms with Crippen LogP contribution in [0.3, 0.4) is 0 Å². The summed E-state index contributed by atoms with van der Waals surface area (Å²) in [7, 11) is 0. The van der Waals surface area contributed by atoms with Crippen molar-refractivity contribution in [3.05, 3.63) is 0 Å². The third kappa shape index (κ3) is 2.45. The van der Waals surface area contributed by atoms with Gasteiger partial charge in [0, 0.05) is 13.1 Å². The van der Waals surface area contributed by atoms with Gasteiger partial charge >= 0.3 is 0 Å². The van der Waals surface area contributed by atoms with Crippen molar-refractivity contribution >= 4 is 5.91 Å². The molecule has 4 heteroatoms. The molecule has 0 saturated heterocycles. The molecule has 1 aliphatic rings. The Morgan fingerprint density at radius 2 is 2.14 bits per heavy atom. The number of aliphatic hydroxyl groups is 1. The van der Waals surface area contributed by atoms with Crippen LogP contribution in [0.4, 0.5) is 0 Å². The number of nitrogens with two attached hydrogens (primary N) is 1. The predicted octanol–water partition coefficient (Wildman–Crippen LogP) is 0.00250. The first-order chi connectivity index (χ1) is 6.60. The summed E-state index contributed by atoms with van der Waals surface area (Å²) < 4.78 is 0. The van der Waals surface area contributed by atoms with E-state index >= 15 is 0 Å². The van der Waals surface area contributed by atoms with Crippen LogP contribution in [0.15, 0.2) is 0 Å². The highest BCUT2D eigenvalue weighted by Crippen LogP contribution is 2.37. The van der Waals surface area contributed by atoms with Gasteiger partial charge in [-0.3, -0.25) is 4.79 Å². The van der Waals surface area contributed by atoms with Crippen LogP contribution in [0, 0.1) is 5.41 Å². The van der Waals surface area contributed by atoms with E-state index in [-0.39, 0.29) is 11.3 Å². The Balaban J connectivity index is 2.48. The average molecular weight is 200 g/mol. The second-order valence-electron chi connectivity index (χ2n) is 4.25. The molecule has 14 heavy (non-hydrogen) atoms. The van der Waals surface area contributed by atoms with Gasteiger partial charge in [0.15, 0.2) is 0 Å². The van der Waals surface area contributed by atoms with E-state index in [4.69, 9.17) is 10.8 Å². The fourth-order valence-electron chi connectivity index (χ4n) is 2.00. The van der Waals surface area contributed by atoms with Gasteiger partial charge in [-0.15, -0.1) is 0 Å². The maximum atomic E-state index is 11.8. The standard InChI is InChI=1S/C10H20N2O2/c1-8(13)6-12-9(14)10(7-11)4-2-3-5-10/h8,13H,2-7,11H2,1H3,(H,12,14). The molecule has 1 atom stereocenters. The molecule has 82 valence electrons. The third-order valence-corrected chi connectivity index (χ3v) is 2.99. The second kappa shape index (κ2) is 4.75. The maximum Gasteiger partial charge on any atom is 0.227 e. The molecule has 1 aliphatic carbocycles. The lowest BCUT2D eigenvalue weighted by molar-refractivity contribution is -0.130. The summed E-state index contributed by atoms with van der Waals surface area (Å²) in [4.78, 5) is 11.8. The summed E-state index contributed by atoms with van der Waals surface area (Å²) in [5.41, 5.74) is 5.30. The van der Waals surface area contributed by atoms with E-state index in [1.807, 2.05) is 0 Å². The Kier molecular flexibility index (Phi) is 3.89. The lowest BCUT2D eigenvalue weighted by Gasteiger charge is -2.26. The van der Waals surface area contributed by atoms with Gasteiger partial charge in [0.2, 0.25) is 5.91 Å². The number of amides is 1. The second-order valence-corrected chi connectivity index (χ2v) is 4.25. The van der Waals surface area contributed by atoms with E-state index in [1.54, 1.807) is 6.92 Å². The molecule has 0 aliphatic heterocycles. The molecule has 1 unspecified atom stereocenters. The zero-order valence-electron chi connectivity index (χ0n) is 8.75. The highest BCUT2D eigenvalue weighted by Gasteiger charge is 2.39. The molecule has 1 saturated carbocycles. The molecule has 1 amide bonds. The summed E-state index contributed by atoms with van der Waals surface area (Å²) in [6.45, 7) is 2.39. The molecular formula is C10H20N2O2. The molecule has 4 nitrogen and oxygen atoms in total. The zero-order chi connectivity index (χ0) is 10.6. The molecule has 1 fully saturated rings. The molecule has 1 rings (SSSR count). The maximum absolute atomic E-state index is 11.8. The normalized spacial score (nSPS) is 21.9. The fourth-order valence-corrected chi connectivity index (χ4v) is 2.00. The van der Waals surface area contributed by atoms with E-state index in [0.717, 1.165) is 25.7 Å². The number of hydrogen-bond acceptors (Lipinski definition) is 3. The first-order valence-electron chi connectivity index (χ1n) is 5.27. The zero-order valence-corrected chi connectivity index (χ0v) is 8.75. The van der Waals surface area contributed by atoms with Crippen LogP contribution in [0.2, 0.25) is 0 Å². The monoisotopic (exact) mass is 200 g/mol. The van der Waals surface area contributed by atoms with Crippen molar-refractivity contribution in [2.24, 2.45) is 11.1 Å². The van der Waals surface area contributed by atoms with Crippen molar-refractivity contribution in [2.75, 3.05) is 13.1 Å². The summed E-state index contributed by atoms with van der Waals surface area (Å²) in [6.07, 6.45) is 3.44. The predicted molar refractivity (Wildman–Crippen MR) is 54.6 cm³/mol. The van der Waals surface area contributed by atoms with Crippen molar-refractivity contribution in [1.29, 1.82) is 0 Å². The van der Waals surface area contributed by atoms with Gasteiger partial charge in [-0.25, -0.2) is 0 Å². The Labute approximate surface area is 84.9 Å². The number of rotatable bonds is 4. The minimum Gasteiger partial charge on any atom is -0.392 e. The topological polar surface area (TPSA) is 75.3 Å². The van der Waals surface area contributed by atoms with E-state index in [9.17, 15) is 4.79 Å². The highest BCUT2D eigenvalue weighted by atomic mass is 16.3. The van der Waals surface area contributed by atoms with Crippen LogP contribution in [0.1, 0.15) is 32.6 Å². The molecule has 0 heterocycles. The van der Waals surface area contributed by atoms with Crippen LogP contribution < -0.4 is 11.1 Å². The number of carbonyl (C=O) groups excluding carboxylic acids is 1. The van der Waals surface area contributed by atoms with E-state index in [1.165, 1.54) is 0 Å². The number of aliphatic hydroxyl groups excluding tert-OH is 1. The van der Waals surface area contributed by atoms with E-state index in [2.05, 4.69) is 5.32 Å². The SMILES string of the molecule is CC(O)CNC(=O)C1(CN)CCCC1. The molecule has 0 spiro atoms. The molecular weight excluding hydrogens is 180 g/mol. The third-order valence-electron chi connectivity index (χ3n) is 2.99. The number of nitrogens with one attached hydrogen (secondary N) is 1.